The standard InChI is InChI=1S/C19H36O2/c1-4-5-6-7-8-9-10-11-12-13-14-15-16-17-18(2)21-19(3)20/h9-10,18H,4-8,11-17H2,1-3H3. The van der Waals surface area contributed by atoms with Crippen LogP contribution in [0.3, 0.4) is 0 Å². The van der Waals surface area contributed by atoms with Gasteiger partial charge in [0.25, 0.3) is 0 Å². The van der Waals surface area contributed by atoms with Crippen molar-refractivity contribution >= 4 is 5.97 Å². The van der Waals surface area contributed by atoms with Crippen LogP contribution in [0.4, 0.5) is 0 Å². The summed E-state index contributed by atoms with van der Waals surface area (Å²) in [6.07, 6.45) is 20.1. The van der Waals surface area contributed by atoms with E-state index < -0.39 is 0 Å². The van der Waals surface area contributed by atoms with Crippen molar-refractivity contribution in [1.82, 2.24) is 0 Å². The van der Waals surface area contributed by atoms with Crippen molar-refractivity contribution in [2.75, 3.05) is 0 Å². The van der Waals surface area contributed by atoms with Gasteiger partial charge in [0, 0.05) is 6.92 Å². The zero-order chi connectivity index (χ0) is 15.8. The first-order chi connectivity index (χ1) is 10.2. The summed E-state index contributed by atoms with van der Waals surface area (Å²) >= 11 is 0. The Morgan fingerprint density at radius 2 is 1.43 bits per heavy atom. The molecule has 21 heavy (non-hydrogen) atoms. The first-order valence-electron chi connectivity index (χ1n) is 8.99. The van der Waals surface area contributed by atoms with E-state index in [0.717, 1.165) is 6.42 Å². The van der Waals surface area contributed by atoms with E-state index in [1.165, 1.54) is 77.6 Å². The molecule has 0 heterocycles. The van der Waals surface area contributed by atoms with Crippen LogP contribution in [-0.4, -0.2) is 12.1 Å². The second-order valence-electron chi connectivity index (χ2n) is 6.09. The Bertz CT molecular complexity index is 258. The lowest BCUT2D eigenvalue weighted by Crippen LogP contribution is -2.11. The Kier molecular flexibility index (Phi) is 15.0. The van der Waals surface area contributed by atoms with Crippen molar-refractivity contribution in [2.24, 2.45) is 0 Å². The molecule has 1 unspecified atom stereocenters. The number of carbonyl (C=O) groups is 1. The molecule has 0 aliphatic rings. The molecular weight excluding hydrogens is 260 g/mol. The van der Waals surface area contributed by atoms with E-state index in [-0.39, 0.29) is 12.1 Å². The molecular formula is C19H36O2. The fourth-order valence-electron chi connectivity index (χ4n) is 2.49. The van der Waals surface area contributed by atoms with Crippen molar-refractivity contribution < 1.29 is 9.53 Å². The van der Waals surface area contributed by atoms with Gasteiger partial charge < -0.3 is 4.74 Å². The van der Waals surface area contributed by atoms with Gasteiger partial charge in [0.2, 0.25) is 0 Å². The Hall–Kier alpha value is -0.790. The molecule has 0 aromatic heterocycles. The van der Waals surface area contributed by atoms with E-state index in [9.17, 15) is 4.79 Å². The van der Waals surface area contributed by atoms with Crippen LogP contribution in [0.5, 0.6) is 0 Å². The fraction of sp³-hybridized carbons (Fsp3) is 0.842. The largest absolute Gasteiger partial charge is 0.463 e. The molecule has 2 heteroatoms. The van der Waals surface area contributed by atoms with Gasteiger partial charge in [-0.1, -0.05) is 57.6 Å². The van der Waals surface area contributed by atoms with Crippen molar-refractivity contribution in [3.63, 3.8) is 0 Å². The van der Waals surface area contributed by atoms with Crippen molar-refractivity contribution in [1.29, 1.82) is 0 Å². The van der Waals surface area contributed by atoms with Crippen LogP contribution in [0, 0.1) is 0 Å². The number of carbonyl (C=O) groups excluding carboxylic acids is 1. The monoisotopic (exact) mass is 296 g/mol. The minimum atomic E-state index is -0.163. The van der Waals surface area contributed by atoms with Gasteiger partial charge in [-0.2, -0.15) is 0 Å². The second-order valence-corrected chi connectivity index (χ2v) is 6.09. The molecule has 0 aliphatic carbocycles. The van der Waals surface area contributed by atoms with Crippen LogP contribution in [0.15, 0.2) is 12.2 Å². The molecule has 2 nitrogen and oxygen atoms in total. The average molecular weight is 296 g/mol. The van der Waals surface area contributed by atoms with Crippen LogP contribution in [-0.2, 0) is 9.53 Å². The third-order valence-corrected chi connectivity index (χ3v) is 3.74. The normalized spacial score (nSPS) is 12.7. The Labute approximate surface area is 132 Å². The van der Waals surface area contributed by atoms with Gasteiger partial charge in [-0.15, -0.1) is 0 Å². The second kappa shape index (κ2) is 15.6. The van der Waals surface area contributed by atoms with E-state index >= 15 is 0 Å². The third-order valence-electron chi connectivity index (χ3n) is 3.74. The van der Waals surface area contributed by atoms with Crippen LogP contribution in [0.1, 0.15) is 97.8 Å². The van der Waals surface area contributed by atoms with Gasteiger partial charge in [0.05, 0.1) is 6.10 Å². The van der Waals surface area contributed by atoms with Crippen molar-refractivity contribution in [2.45, 2.75) is 104 Å². The van der Waals surface area contributed by atoms with Crippen molar-refractivity contribution in [3.05, 3.63) is 12.2 Å². The molecule has 0 spiro atoms. The number of esters is 1. The number of hydrogen-bond donors (Lipinski definition) is 0. The highest BCUT2D eigenvalue weighted by Gasteiger charge is 2.04. The quantitative estimate of drug-likeness (QED) is 0.217. The van der Waals surface area contributed by atoms with Gasteiger partial charge in [-0.25, -0.2) is 0 Å². The minimum absolute atomic E-state index is 0.0816. The zero-order valence-corrected chi connectivity index (χ0v) is 14.5. The van der Waals surface area contributed by atoms with Gasteiger partial charge in [0.15, 0.2) is 0 Å². The number of rotatable bonds is 14. The van der Waals surface area contributed by atoms with Crippen LogP contribution >= 0.6 is 0 Å². The molecule has 0 bridgehead atoms. The van der Waals surface area contributed by atoms with E-state index in [0.29, 0.717) is 0 Å². The van der Waals surface area contributed by atoms with E-state index in [4.69, 9.17) is 4.74 Å². The molecule has 0 aromatic rings. The zero-order valence-electron chi connectivity index (χ0n) is 14.5. The lowest BCUT2D eigenvalue weighted by atomic mass is 10.1. The van der Waals surface area contributed by atoms with Gasteiger partial charge in [-0.3, -0.25) is 4.79 Å². The molecule has 0 amide bonds. The topological polar surface area (TPSA) is 26.3 Å². The average Bonchev–Trinajstić information content (AvgIpc) is 2.43. The predicted octanol–water partition coefficient (Wildman–Crippen LogP) is 6.20. The molecule has 0 saturated heterocycles. The minimum Gasteiger partial charge on any atom is -0.463 e. The number of hydrogen-bond acceptors (Lipinski definition) is 2. The lowest BCUT2D eigenvalue weighted by molar-refractivity contribution is -0.145. The molecule has 0 N–H and O–H groups in total. The van der Waals surface area contributed by atoms with Crippen LogP contribution in [0.25, 0.3) is 0 Å². The third kappa shape index (κ3) is 17.2. The summed E-state index contributed by atoms with van der Waals surface area (Å²) in [7, 11) is 0. The lowest BCUT2D eigenvalue weighted by Gasteiger charge is -2.10. The highest BCUT2D eigenvalue weighted by molar-refractivity contribution is 5.66. The first kappa shape index (κ1) is 20.2. The molecule has 124 valence electrons. The van der Waals surface area contributed by atoms with Crippen molar-refractivity contribution in [3.8, 4) is 0 Å². The highest BCUT2D eigenvalue weighted by Crippen LogP contribution is 2.11. The molecule has 0 saturated carbocycles. The van der Waals surface area contributed by atoms with E-state index in [1.807, 2.05) is 6.92 Å². The van der Waals surface area contributed by atoms with E-state index in [1.54, 1.807) is 0 Å². The summed E-state index contributed by atoms with van der Waals surface area (Å²) in [4.78, 5) is 10.8. The SMILES string of the molecule is CCCCCCC=CCCCCCCCC(C)OC(C)=O. The molecule has 1 atom stereocenters. The summed E-state index contributed by atoms with van der Waals surface area (Å²) in [5.41, 5.74) is 0. The fourth-order valence-corrected chi connectivity index (χ4v) is 2.49. The van der Waals surface area contributed by atoms with Crippen LogP contribution in [0.2, 0.25) is 0 Å². The molecule has 0 aliphatic heterocycles. The molecule has 0 rings (SSSR count). The van der Waals surface area contributed by atoms with Gasteiger partial charge in [0.1, 0.15) is 0 Å². The molecule has 0 radical (unpaired) electrons. The summed E-state index contributed by atoms with van der Waals surface area (Å²) in [6.45, 7) is 5.72. The maximum Gasteiger partial charge on any atom is 0.302 e. The smallest absolute Gasteiger partial charge is 0.302 e. The first-order valence-corrected chi connectivity index (χ1v) is 8.99. The van der Waals surface area contributed by atoms with Gasteiger partial charge in [-0.05, 0) is 45.4 Å². The Morgan fingerprint density at radius 3 is 2.00 bits per heavy atom. The summed E-state index contributed by atoms with van der Waals surface area (Å²) in [5, 5.41) is 0. The Morgan fingerprint density at radius 1 is 0.905 bits per heavy atom. The maximum atomic E-state index is 10.8. The van der Waals surface area contributed by atoms with Crippen LogP contribution < -0.4 is 0 Å². The molecule has 0 fully saturated rings. The highest BCUT2D eigenvalue weighted by atomic mass is 16.5. The summed E-state index contributed by atoms with van der Waals surface area (Å²) < 4.78 is 5.11. The Balaban J connectivity index is 3.18. The van der Waals surface area contributed by atoms with E-state index in [2.05, 4.69) is 19.1 Å². The summed E-state index contributed by atoms with van der Waals surface area (Å²) in [5.74, 6) is -0.163. The number of allylic oxidation sites excluding steroid dienone is 2. The number of unbranched alkanes of at least 4 members (excludes halogenated alkanes) is 9. The predicted molar refractivity (Wildman–Crippen MR) is 91.4 cm³/mol. The summed E-state index contributed by atoms with van der Waals surface area (Å²) in [6, 6.07) is 0. The molecule has 0 aromatic carbocycles. The maximum absolute atomic E-state index is 10.8. The van der Waals surface area contributed by atoms with Gasteiger partial charge >= 0.3 is 5.97 Å². The number of ether oxygens (including phenoxy) is 1.